The molecule has 153 valence electrons. The summed E-state index contributed by atoms with van der Waals surface area (Å²) in [6.07, 6.45) is 0. The molecule has 1 radical (unpaired) electrons. The molecule has 0 bridgehead atoms. The quantitative estimate of drug-likeness (QED) is 0.160. The van der Waals surface area contributed by atoms with Crippen LogP contribution in [0.1, 0.15) is 0 Å². The summed E-state index contributed by atoms with van der Waals surface area (Å²) in [5, 5.41) is 10.3. The van der Waals surface area contributed by atoms with Crippen LogP contribution >= 0.6 is 0 Å². The Hall–Kier alpha value is -3.00. The maximum atomic E-state index is 3.29. The molecule has 0 amide bonds. The zero-order valence-corrected chi connectivity index (χ0v) is 21.2. The van der Waals surface area contributed by atoms with Crippen molar-refractivity contribution >= 4 is 54.1 Å². The minimum absolute atomic E-state index is 0. The fourth-order valence-corrected chi connectivity index (χ4v) is 5.40. The summed E-state index contributed by atoms with van der Waals surface area (Å²) in [7, 11) is 2.17. The van der Waals surface area contributed by atoms with Gasteiger partial charge in [-0.05, 0) is 33.9 Å². The molecule has 7 aromatic rings. The fourth-order valence-electron chi connectivity index (χ4n) is 5.40. The number of para-hydroxylation sites is 1. The van der Waals surface area contributed by atoms with Crippen LogP contribution in [0.25, 0.3) is 65.3 Å². The molecule has 1 aromatic heterocycles. The first kappa shape index (κ1) is 20.6. The molecule has 0 aliphatic rings. The minimum atomic E-state index is 0. The Morgan fingerprint density at radius 2 is 1.36 bits per heavy atom. The predicted octanol–water partition coefficient (Wildman–Crippen LogP) is 8.26. The number of hydrogen-bond acceptors (Lipinski definition) is 0. The summed E-state index contributed by atoms with van der Waals surface area (Å²) in [4.78, 5) is 0. The van der Waals surface area contributed by atoms with Gasteiger partial charge in [0.15, 0.2) is 0 Å². The number of fused-ring (bicyclic) bond motifs is 8. The van der Waals surface area contributed by atoms with E-state index in [2.05, 4.69) is 115 Å². The maximum Gasteiger partial charge on any atom is 0.0568 e. The summed E-state index contributed by atoms with van der Waals surface area (Å²) in [5.74, 6) is 0. The van der Waals surface area contributed by atoms with Crippen LogP contribution in [0, 0.1) is 6.07 Å². The Balaban J connectivity index is 0.00000206. The van der Waals surface area contributed by atoms with Crippen LogP contribution < -0.4 is 0 Å². The van der Waals surface area contributed by atoms with E-state index in [1.165, 1.54) is 65.3 Å². The zero-order chi connectivity index (χ0) is 21.2. The Labute approximate surface area is 217 Å². The third kappa shape index (κ3) is 3.00. The van der Waals surface area contributed by atoms with E-state index in [0.717, 1.165) is 0 Å². The van der Waals surface area contributed by atoms with Crippen molar-refractivity contribution in [3.05, 3.63) is 109 Å². The largest absolute Gasteiger partial charge is 0.343 e. The Morgan fingerprint density at radius 1 is 0.606 bits per heavy atom. The molecule has 0 saturated heterocycles. The molecule has 0 aliphatic heterocycles. The van der Waals surface area contributed by atoms with E-state index < -0.39 is 0 Å². The van der Waals surface area contributed by atoms with Crippen molar-refractivity contribution in [2.75, 3.05) is 0 Å². The molecular weight excluding hydrogens is 475 g/mol. The molecule has 0 saturated carbocycles. The molecule has 7 rings (SSSR count). The topological polar surface area (TPSA) is 4.93 Å². The van der Waals surface area contributed by atoms with Crippen LogP contribution in [0.2, 0.25) is 0 Å². The van der Waals surface area contributed by atoms with Crippen molar-refractivity contribution in [3.8, 4) is 11.1 Å². The van der Waals surface area contributed by atoms with Crippen LogP contribution in [-0.2, 0) is 39.8 Å². The minimum Gasteiger partial charge on any atom is -0.343 e. The third-order valence-electron chi connectivity index (χ3n) is 6.90. The van der Waals surface area contributed by atoms with Gasteiger partial charge in [-0.3, -0.25) is 0 Å². The molecule has 0 atom stereocenters. The van der Waals surface area contributed by atoms with E-state index in [0.29, 0.717) is 0 Å². The number of aromatic nitrogens is 1. The van der Waals surface area contributed by atoms with E-state index in [-0.39, 0.29) is 32.7 Å². The van der Waals surface area contributed by atoms with Gasteiger partial charge in [-0.2, -0.15) is 24.3 Å². The van der Waals surface area contributed by atoms with E-state index >= 15 is 0 Å². The van der Waals surface area contributed by atoms with Gasteiger partial charge in [0.05, 0.1) is 5.52 Å². The van der Waals surface area contributed by atoms with Gasteiger partial charge in [-0.15, -0.1) is 10.8 Å². The van der Waals surface area contributed by atoms with Gasteiger partial charge in [0.2, 0.25) is 0 Å². The van der Waals surface area contributed by atoms with E-state index in [1.807, 2.05) is 6.07 Å². The number of nitrogens with zero attached hydrogens (tertiary/aromatic N) is 1. The second kappa shape index (κ2) is 7.80. The van der Waals surface area contributed by atoms with Crippen molar-refractivity contribution in [1.82, 2.24) is 4.57 Å². The third-order valence-corrected chi connectivity index (χ3v) is 6.90. The molecule has 0 aliphatic carbocycles. The van der Waals surface area contributed by atoms with Crippen molar-refractivity contribution in [2.45, 2.75) is 0 Å². The summed E-state index contributed by atoms with van der Waals surface area (Å²) in [5.41, 5.74) is 5.07. The molecule has 33 heavy (non-hydrogen) atoms. The van der Waals surface area contributed by atoms with Gasteiger partial charge in [0, 0.05) is 61.4 Å². The van der Waals surface area contributed by atoms with Crippen LogP contribution in [0.3, 0.4) is 0 Å². The van der Waals surface area contributed by atoms with Gasteiger partial charge in [-0.1, -0.05) is 78.4 Å². The summed E-state index contributed by atoms with van der Waals surface area (Å²) < 4.78 is 2.33. The van der Waals surface area contributed by atoms with Crippen LogP contribution in [0.15, 0.2) is 103 Å². The molecule has 0 fully saturated rings. The molecule has 1 nitrogen and oxygen atoms in total. The Kier molecular flexibility index (Phi) is 4.87. The molecule has 0 unspecified atom stereocenters. The monoisotopic (exact) mass is 495 g/mol. The van der Waals surface area contributed by atoms with Crippen molar-refractivity contribution in [1.29, 1.82) is 0 Å². The average Bonchev–Trinajstić information content (AvgIpc) is 3.15. The summed E-state index contributed by atoms with van der Waals surface area (Å²) >= 11 is 0. The smallest absolute Gasteiger partial charge is 0.0568 e. The number of rotatable bonds is 1. The second-order valence-electron chi connectivity index (χ2n) is 8.59. The first-order valence-electron chi connectivity index (χ1n) is 11.0. The first-order valence-corrected chi connectivity index (χ1v) is 11.0. The van der Waals surface area contributed by atoms with Gasteiger partial charge in [0.1, 0.15) is 0 Å². The number of benzene rings is 6. The van der Waals surface area contributed by atoms with E-state index in [1.54, 1.807) is 0 Å². The van der Waals surface area contributed by atoms with Crippen LogP contribution in [-0.4, -0.2) is 4.57 Å². The van der Waals surface area contributed by atoms with E-state index in [9.17, 15) is 0 Å². The first-order chi connectivity index (χ1) is 15.8. The Bertz CT molecular complexity index is 1840. The van der Waals surface area contributed by atoms with Gasteiger partial charge in [0.25, 0.3) is 0 Å². The van der Waals surface area contributed by atoms with Gasteiger partial charge >= 0.3 is 0 Å². The van der Waals surface area contributed by atoms with Gasteiger partial charge < -0.3 is 4.57 Å². The van der Waals surface area contributed by atoms with Crippen molar-refractivity contribution < 1.29 is 32.7 Å². The average molecular weight is 495 g/mol. The molecule has 1 heterocycles. The number of hydrogen-bond donors (Lipinski definition) is 0. The second-order valence-corrected chi connectivity index (χ2v) is 8.59. The van der Waals surface area contributed by atoms with Crippen molar-refractivity contribution in [2.24, 2.45) is 7.05 Å². The zero-order valence-electron chi connectivity index (χ0n) is 18.3. The predicted molar refractivity (Wildman–Crippen MR) is 137 cm³/mol. The van der Waals surface area contributed by atoms with Crippen LogP contribution in [0.5, 0.6) is 0 Å². The van der Waals surface area contributed by atoms with E-state index in [4.69, 9.17) is 0 Å². The summed E-state index contributed by atoms with van der Waals surface area (Å²) in [6.45, 7) is 0. The standard InChI is InChI=1S/C31H20N.Y/c1-32-30-13-7-6-12-27(30)28-17-15-21-18-22(14-16-24(21)31(28)32)29-19-20-8-2-3-9-23(20)25-10-4-5-11-26(25)29;/h2-4,6-19H,1H3;/q-1;. The Morgan fingerprint density at radius 3 is 2.27 bits per heavy atom. The van der Waals surface area contributed by atoms with Gasteiger partial charge in [-0.25, -0.2) is 0 Å². The van der Waals surface area contributed by atoms with Crippen molar-refractivity contribution in [3.63, 3.8) is 0 Å². The van der Waals surface area contributed by atoms with Crippen LogP contribution in [0.4, 0.5) is 0 Å². The fraction of sp³-hybridized carbons (Fsp3) is 0.0323. The normalized spacial score (nSPS) is 11.5. The molecule has 0 N–H and O–H groups in total. The SMILES string of the molecule is Cn1c2ccccc2c2ccc3cc(-c4cc5ccccc5c5cc[c-]cc45)ccc3c21.[Y]. The molecule has 0 spiro atoms. The molecule has 6 aromatic carbocycles. The molecular formula is C31H20NY-. The maximum absolute atomic E-state index is 3.29. The summed E-state index contributed by atoms with van der Waals surface area (Å²) in [6, 6.07) is 40.7. The molecule has 2 heteroatoms. The number of aryl methyl sites for hydroxylation is 1.